The molecule has 1 saturated carbocycles. The van der Waals surface area contributed by atoms with Gasteiger partial charge >= 0.3 is 5.97 Å². The predicted octanol–water partition coefficient (Wildman–Crippen LogP) is 2.52. The van der Waals surface area contributed by atoms with Gasteiger partial charge in [-0.05, 0) is 24.8 Å². The molecule has 0 aromatic heterocycles. The van der Waals surface area contributed by atoms with Crippen LogP contribution in [0.3, 0.4) is 0 Å². The zero-order valence-electron chi connectivity index (χ0n) is 10.5. The number of ether oxygens (including phenoxy) is 1. The summed E-state index contributed by atoms with van der Waals surface area (Å²) in [7, 11) is 0. The van der Waals surface area contributed by atoms with Crippen LogP contribution in [0.5, 0.6) is 0 Å². The molecule has 1 aliphatic rings. The zero-order valence-corrected chi connectivity index (χ0v) is 10.5. The van der Waals surface area contributed by atoms with Crippen molar-refractivity contribution in [3.63, 3.8) is 0 Å². The van der Waals surface area contributed by atoms with E-state index in [2.05, 4.69) is 0 Å². The highest BCUT2D eigenvalue weighted by atomic mass is 16.6. The first-order valence-electron chi connectivity index (χ1n) is 6.29. The van der Waals surface area contributed by atoms with E-state index in [9.17, 15) is 14.9 Å². The van der Waals surface area contributed by atoms with Crippen LogP contribution in [-0.2, 0) is 4.74 Å². The Kier molecular flexibility index (Phi) is 3.99. The second-order valence-electron chi connectivity index (χ2n) is 4.78. The maximum Gasteiger partial charge on any atom is 0.340 e. The number of carbonyl (C=O) groups excluding carboxylic acids is 1. The fourth-order valence-corrected chi connectivity index (χ4v) is 2.28. The highest BCUT2D eigenvalue weighted by Gasteiger charge is 2.20. The van der Waals surface area contributed by atoms with Gasteiger partial charge in [-0.1, -0.05) is 12.8 Å². The Morgan fingerprint density at radius 2 is 2.11 bits per heavy atom. The van der Waals surface area contributed by atoms with Gasteiger partial charge in [0.1, 0.15) is 0 Å². The lowest BCUT2D eigenvalue weighted by atomic mass is 10.1. The molecule has 1 fully saturated rings. The molecule has 2 N–H and O–H groups in total. The summed E-state index contributed by atoms with van der Waals surface area (Å²) < 4.78 is 5.19. The number of benzene rings is 1. The van der Waals surface area contributed by atoms with Crippen molar-refractivity contribution in [3.8, 4) is 0 Å². The molecule has 1 aliphatic carbocycles. The van der Waals surface area contributed by atoms with E-state index in [-0.39, 0.29) is 16.9 Å². The Morgan fingerprint density at radius 1 is 1.42 bits per heavy atom. The summed E-state index contributed by atoms with van der Waals surface area (Å²) in [5, 5.41) is 10.7. The van der Waals surface area contributed by atoms with Crippen LogP contribution in [0, 0.1) is 16.0 Å². The second-order valence-corrected chi connectivity index (χ2v) is 4.78. The molecular formula is C13H16N2O4. The van der Waals surface area contributed by atoms with Crippen LogP contribution in [-0.4, -0.2) is 17.5 Å². The number of nitrogens with two attached hydrogens (primary N) is 1. The monoisotopic (exact) mass is 264 g/mol. The van der Waals surface area contributed by atoms with Crippen molar-refractivity contribution in [1.29, 1.82) is 0 Å². The standard InChI is InChI=1S/C13H16N2O4/c14-12-6-5-10(15(17)18)7-11(12)13(16)19-8-9-3-1-2-4-9/h5-7,9H,1-4,8,14H2. The predicted molar refractivity (Wildman–Crippen MR) is 69.7 cm³/mol. The number of carbonyl (C=O) groups is 1. The van der Waals surface area contributed by atoms with Gasteiger partial charge < -0.3 is 10.5 Å². The van der Waals surface area contributed by atoms with Gasteiger partial charge in [-0.2, -0.15) is 0 Å². The van der Waals surface area contributed by atoms with Crippen LogP contribution in [0.1, 0.15) is 36.0 Å². The van der Waals surface area contributed by atoms with Crippen LogP contribution < -0.4 is 5.73 Å². The number of nitro groups is 1. The number of anilines is 1. The Hall–Kier alpha value is -2.11. The Morgan fingerprint density at radius 3 is 2.74 bits per heavy atom. The van der Waals surface area contributed by atoms with E-state index in [0.29, 0.717) is 12.5 Å². The smallest absolute Gasteiger partial charge is 0.340 e. The summed E-state index contributed by atoms with van der Waals surface area (Å²) in [6, 6.07) is 3.78. The van der Waals surface area contributed by atoms with E-state index in [1.807, 2.05) is 0 Å². The van der Waals surface area contributed by atoms with Gasteiger partial charge in [-0.15, -0.1) is 0 Å². The van der Waals surface area contributed by atoms with Crippen LogP contribution in [0.15, 0.2) is 18.2 Å². The Bertz CT molecular complexity index is 495. The summed E-state index contributed by atoms with van der Waals surface area (Å²) in [5.41, 5.74) is 5.74. The first-order chi connectivity index (χ1) is 9.08. The van der Waals surface area contributed by atoms with Crippen LogP contribution >= 0.6 is 0 Å². The molecule has 0 radical (unpaired) electrons. The summed E-state index contributed by atoms with van der Waals surface area (Å²) in [5.74, 6) is -0.183. The van der Waals surface area contributed by atoms with Gasteiger partial charge in [-0.3, -0.25) is 10.1 Å². The highest BCUT2D eigenvalue weighted by Crippen LogP contribution is 2.26. The minimum absolute atomic E-state index is 0.0622. The normalized spacial score (nSPS) is 15.4. The fourth-order valence-electron chi connectivity index (χ4n) is 2.28. The average molecular weight is 264 g/mol. The number of non-ortho nitro benzene ring substituents is 1. The van der Waals surface area contributed by atoms with Gasteiger partial charge in [-0.25, -0.2) is 4.79 Å². The minimum atomic E-state index is -0.590. The van der Waals surface area contributed by atoms with Gasteiger partial charge in [0.05, 0.1) is 17.1 Å². The van der Waals surface area contributed by atoms with E-state index in [0.717, 1.165) is 18.9 Å². The number of esters is 1. The lowest BCUT2D eigenvalue weighted by Crippen LogP contribution is -2.13. The molecule has 0 atom stereocenters. The van der Waals surface area contributed by atoms with Crippen molar-refractivity contribution in [2.24, 2.45) is 5.92 Å². The molecule has 0 amide bonds. The maximum absolute atomic E-state index is 11.9. The average Bonchev–Trinajstić information content (AvgIpc) is 2.89. The largest absolute Gasteiger partial charge is 0.462 e. The first-order valence-corrected chi connectivity index (χ1v) is 6.29. The molecule has 6 nitrogen and oxygen atoms in total. The van der Waals surface area contributed by atoms with Gasteiger partial charge in [0.15, 0.2) is 0 Å². The minimum Gasteiger partial charge on any atom is -0.462 e. The van der Waals surface area contributed by atoms with E-state index in [1.54, 1.807) is 0 Å². The van der Waals surface area contributed by atoms with Crippen molar-refractivity contribution in [2.45, 2.75) is 25.7 Å². The van der Waals surface area contributed by atoms with Crippen molar-refractivity contribution >= 4 is 17.3 Å². The molecule has 0 unspecified atom stereocenters. The van der Waals surface area contributed by atoms with E-state index >= 15 is 0 Å². The number of nitrogens with zero attached hydrogens (tertiary/aromatic N) is 1. The number of hydrogen-bond donors (Lipinski definition) is 1. The second kappa shape index (κ2) is 5.69. The first kappa shape index (κ1) is 13.3. The van der Waals surface area contributed by atoms with E-state index < -0.39 is 10.9 Å². The number of nitrogen functional groups attached to an aromatic ring is 1. The van der Waals surface area contributed by atoms with Crippen LogP contribution in [0.4, 0.5) is 11.4 Å². The quantitative estimate of drug-likeness (QED) is 0.390. The van der Waals surface area contributed by atoms with Gasteiger partial charge in [0, 0.05) is 17.8 Å². The maximum atomic E-state index is 11.9. The van der Waals surface area contributed by atoms with Crippen LogP contribution in [0.2, 0.25) is 0 Å². The topological polar surface area (TPSA) is 95.5 Å². The molecule has 1 aromatic rings. The fraction of sp³-hybridized carbons (Fsp3) is 0.462. The summed E-state index contributed by atoms with van der Waals surface area (Å²) in [4.78, 5) is 22.0. The highest BCUT2D eigenvalue weighted by molar-refractivity contribution is 5.95. The molecule has 2 rings (SSSR count). The molecule has 0 saturated heterocycles. The molecule has 102 valence electrons. The van der Waals surface area contributed by atoms with Crippen molar-refractivity contribution in [2.75, 3.05) is 12.3 Å². The van der Waals surface area contributed by atoms with Crippen LogP contribution in [0.25, 0.3) is 0 Å². The van der Waals surface area contributed by atoms with E-state index in [1.165, 1.54) is 25.0 Å². The third kappa shape index (κ3) is 3.21. The number of hydrogen-bond acceptors (Lipinski definition) is 5. The van der Waals surface area contributed by atoms with Gasteiger partial charge in [0.25, 0.3) is 5.69 Å². The third-order valence-electron chi connectivity index (χ3n) is 3.39. The molecule has 0 heterocycles. The zero-order chi connectivity index (χ0) is 13.8. The van der Waals surface area contributed by atoms with E-state index in [4.69, 9.17) is 10.5 Å². The lowest BCUT2D eigenvalue weighted by molar-refractivity contribution is -0.384. The molecule has 0 spiro atoms. The summed E-state index contributed by atoms with van der Waals surface area (Å²) >= 11 is 0. The lowest BCUT2D eigenvalue weighted by Gasteiger charge is -2.10. The third-order valence-corrected chi connectivity index (χ3v) is 3.39. The molecule has 0 aliphatic heterocycles. The summed E-state index contributed by atoms with van der Waals surface area (Å²) in [6.45, 7) is 0.362. The molecule has 1 aromatic carbocycles. The number of nitro benzene ring substituents is 1. The molecule has 0 bridgehead atoms. The van der Waals surface area contributed by atoms with Crippen molar-refractivity contribution < 1.29 is 14.5 Å². The molecule has 6 heteroatoms. The van der Waals surface area contributed by atoms with Crippen molar-refractivity contribution in [1.82, 2.24) is 0 Å². The number of rotatable bonds is 4. The molecular weight excluding hydrogens is 248 g/mol. The van der Waals surface area contributed by atoms with Gasteiger partial charge in [0.2, 0.25) is 0 Å². The SMILES string of the molecule is Nc1ccc([N+](=O)[O-])cc1C(=O)OCC1CCCC1. The molecule has 19 heavy (non-hydrogen) atoms. The Labute approximate surface area is 110 Å². The summed E-state index contributed by atoms with van der Waals surface area (Å²) in [6.07, 6.45) is 4.47. The van der Waals surface area contributed by atoms with Crippen molar-refractivity contribution in [3.05, 3.63) is 33.9 Å². The Balaban J connectivity index is 2.04.